The average Bonchev–Trinajstić information content (AvgIpc) is 1.94. The highest BCUT2D eigenvalue weighted by atomic mass is 19.1. The normalized spacial score (nSPS) is 13.0. The van der Waals surface area contributed by atoms with E-state index in [2.05, 4.69) is 0 Å². The Morgan fingerprint density at radius 2 is 2.18 bits per heavy atom. The predicted molar refractivity (Wildman–Crippen MR) is 41.4 cm³/mol. The van der Waals surface area contributed by atoms with E-state index in [-0.39, 0.29) is 11.3 Å². The molecule has 0 fully saturated rings. The number of aliphatic hydroxyl groups is 1. The van der Waals surface area contributed by atoms with Gasteiger partial charge in [0.15, 0.2) is 5.82 Å². The standard InChI is InChI=1S/C8H10FNO/c1-5(11)6-3-2-4-7(10)8(6)9/h2-5,11H,10H2,1H3. The fraction of sp³-hybridized carbons (Fsp3) is 0.250. The number of rotatable bonds is 1. The van der Waals surface area contributed by atoms with Gasteiger partial charge in [0.1, 0.15) is 0 Å². The van der Waals surface area contributed by atoms with Crippen LogP contribution >= 0.6 is 0 Å². The van der Waals surface area contributed by atoms with Gasteiger partial charge in [-0.05, 0) is 13.0 Å². The van der Waals surface area contributed by atoms with Crippen LogP contribution in [0.15, 0.2) is 18.2 Å². The number of hydrogen-bond donors (Lipinski definition) is 2. The molecular weight excluding hydrogens is 145 g/mol. The summed E-state index contributed by atoms with van der Waals surface area (Å²) >= 11 is 0. The molecule has 1 rings (SSSR count). The summed E-state index contributed by atoms with van der Waals surface area (Å²) in [6.07, 6.45) is -0.807. The first-order chi connectivity index (χ1) is 5.13. The Hall–Kier alpha value is -1.09. The Bertz CT molecular complexity index is 260. The molecule has 1 aromatic rings. The van der Waals surface area contributed by atoms with Crippen molar-refractivity contribution in [1.29, 1.82) is 0 Å². The van der Waals surface area contributed by atoms with Gasteiger partial charge in [0.25, 0.3) is 0 Å². The molecule has 0 aliphatic rings. The molecule has 1 aromatic carbocycles. The maximum atomic E-state index is 13.0. The van der Waals surface area contributed by atoms with Crippen LogP contribution < -0.4 is 5.73 Å². The van der Waals surface area contributed by atoms with Gasteiger partial charge in [0, 0.05) is 5.56 Å². The monoisotopic (exact) mass is 155 g/mol. The summed E-state index contributed by atoms with van der Waals surface area (Å²) in [6, 6.07) is 4.58. The number of aliphatic hydroxyl groups excluding tert-OH is 1. The summed E-state index contributed by atoms with van der Waals surface area (Å²) in [5.74, 6) is -0.525. The summed E-state index contributed by atoms with van der Waals surface area (Å²) in [6.45, 7) is 1.50. The third-order valence-corrected chi connectivity index (χ3v) is 1.51. The Labute approximate surface area is 64.5 Å². The van der Waals surface area contributed by atoms with E-state index in [9.17, 15) is 4.39 Å². The van der Waals surface area contributed by atoms with Crippen LogP contribution in [0.3, 0.4) is 0 Å². The highest BCUT2D eigenvalue weighted by Crippen LogP contribution is 2.20. The van der Waals surface area contributed by atoms with E-state index in [1.54, 1.807) is 6.07 Å². The number of nitrogen functional groups attached to an aromatic ring is 1. The minimum Gasteiger partial charge on any atom is -0.396 e. The van der Waals surface area contributed by atoms with Crippen LogP contribution in [0.1, 0.15) is 18.6 Å². The summed E-state index contributed by atoms with van der Waals surface area (Å²) in [7, 11) is 0. The van der Waals surface area contributed by atoms with E-state index < -0.39 is 11.9 Å². The van der Waals surface area contributed by atoms with Crippen LogP contribution in [0.5, 0.6) is 0 Å². The van der Waals surface area contributed by atoms with E-state index >= 15 is 0 Å². The van der Waals surface area contributed by atoms with Gasteiger partial charge < -0.3 is 10.8 Å². The van der Waals surface area contributed by atoms with Crippen LogP contribution in [-0.4, -0.2) is 5.11 Å². The highest BCUT2D eigenvalue weighted by Gasteiger charge is 2.08. The molecule has 1 atom stereocenters. The van der Waals surface area contributed by atoms with Gasteiger partial charge in [-0.1, -0.05) is 12.1 Å². The molecule has 0 bridgehead atoms. The number of hydrogen-bond acceptors (Lipinski definition) is 2. The Morgan fingerprint density at radius 1 is 1.55 bits per heavy atom. The molecule has 0 aromatic heterocycles. The molecule has 0 saturated carbocycles. The van der Waals surface area contributed by atoms with Crippen molar-refractivity contribution >= 4 is 5.69 Å². The third-order valence-electron chi connectivity index (χ3n) is 1.51. The van der Waals surface area contributed by atoms with Crippen molar-refractivity contribution in [2.24, 2.45) is 0 Å². The lowest BCUT2D eigenvalue weighted by Crippen LogP contribution is -1.99. The number of benzene rings is 1. The van der Waals surface area contributed by atoms with Crippen molar-refractivity contribution in [3.8, 4) is 0 Å². The summed E-state index contributed by atoms with van der Waals surface area (Å²) in [5, 5.41) is 9.03. The van der Waals surface area contributed by atoms with Gasteiger partial charge in [-0.25, -0.2) is 4.39 Å². The summed E-state index contributed by atoms with van der Waals surface area (Å²) in [4.78, 5) is 0. The molecule has 3 N–H and O–H groups in total. The lowest BCUT2D eigenvalue weighted by molar-refractivity contribution is 0.194. The zero-order valence-electron chi connectivity index (χ0n) is 6.21. The quantitative estimate of drug-likeness (QED) is 0.603. The van der Waals surface area contributed by atoms with Crippen molar-refractivity contribution in [3.05, 3.63) is 29.6 Å². The first-order valence-corrected chi connectivity index (χ1v) is 3.35. The molecule has 0 saturated heterocycles. The lowest BCUT2D eigenvalue weighted by Gasteiger charge is -2.06. The molecule has 0 amide bonds. The van der Waals surface area contributed by atoms with Crippen LogP contribution in [0.4, 0.5) is 10.1 Å². The largest absolute Gasteiger partial charge is 0.396 e. The smallest absolute Gasteiger partial charge is 0.151 e. The van der Waals surface area contributed by atoms with Crippen LogP contribution in [0.2, 0.25) is 0 Å². The van der Waals surface area contributed by atoms with Gasteiger partial charge in [-0.2, -0.15) is 0 Å². The van der Waals surface area contributed by atoms with Crippen LogP contribution in [-0.2, 0) is 0 Å². The lowest BCUT2D eigenvalue weighted by atomic mass is 10.1. The molecule has 3 heteroatoms. The zero-order valence-corrected chi connectivity index (χ0v) is 6.21. The van der Waals surface area contributed by atoms with Crippen molar-refractivity contribution < 1.29 is 9.50 Å². The maximum Gasteiger partial charge on any atom is 0.151 e. The topological polar surface area (TPSA) is 46.2 Å². The van der Waals surface area contributed by atoms with E-state index in [4.69, 9.17) is 10.8 Å². The zero-order chi connectivity index (χ0) is 8.43. The number of anilines is 1. The molecule has 2 nitrogen and oxygen atoms in total. The Kier molecular flexibility index (Phi) is 2.10. The second-order valence-corrected chi connectivity index (χ2v) is 2.43. The molecule has 11 heavy (non-hydrogen) atoms. The van der Waals surface area contributed by atoms with Crippen molar-refractivity contribution in [2.45, 2.75) is 13.0 Å². The van der Waals surface area contributed by atoms with E-state index in [0.29, 0.717) is 0 Å². The highest BCUT2D eigenvalue weighted by molar-refractivity contribution is 5.43. The Morgan fingerprint density at radius 3 is 2.64 bits per heavy atom. The molecule has 1 unspecified atom stereocenters. The second-order valence-electron chi connectivity index (χ2n) is 2.43. The minimum atomic E-state index is -0.807. The van der Waals surface area contributed by atoms with E-state index in [1.165, 1.54) is 19.1 Å². The van der Waals surface area contributed by atoms with Gasteiger partial charge in [-0.3, -0.25) is 0 Å². The fourth-order valence-corrected chi connectivity index (χ4v) is 0.891. The van der Waals surface area contributed by atoms with Gasteiger partial charge >= 0.3 is 0 Å². The van der Waals surface area contributed by atoms with E-state index in [0.717, 1.165) is 0 Å². The average molecular weight is 155 g/mol. The molecule has 0 radical (unpaired) electrons. The van der Waals surface area contributed by atoms with Crippen LogP contribution in [0.25, 0.3) is 0 Å². The fourth-order valence-electron chi connectivity index (χ4n) is 0.891. The predicted octanol–water partition coefficient (Wildman–Crippen LogP) is 1.46. The van der Waals surface area contributed by atoms with Crippen molar-refractivity contribution in [1.82, 2.24) is 0 Å². The molecule has 0 aliphatic heterocycles. The number of halogens is 1. The first-order valence-electron chi connectivity index (χ1n) is 3.35. The molecule has 60 valence electrons. The minimum absolute atomic E-state index is 0.0726. The molecular formula is C8H10FNO. The maximum absolute atomic E-state index is 13.0. The summed E-state index contributed by atoms with van der Waals surface area (Å²) < 4.78 is 13.0. The Balaban J connectivity index is 3.17. The van der Waals surface area contributed by atoms with Crippen molar-refractivity contribution in [3.63, 3.8) is 0 Å². The molecule has 0 aliphatic carbocycles. The molecule has 0 spiro atoms. The third kappa shape index (κ3) is 1.49. The second kappa shape index (κ2) is 2.88. The van der Waals surface area contributed by atoms with E-state index in [1.807, 2.05) is 0 Å². The van der Waals surface area contributed by atoms with Crippen LogP contribution in [0, 0.1) is 5.82 Å². The van der Waals surface area contributed by atoms with Crippen molar-refractivity contribution in [2.75, 3.05) is 5.73 Å². The molecule has 0 heterocycles. The number of nitrogens with two attached hydrogens (primary N) is 1. The van der Waals surface area contributed by atoms with Gasteiger partial charge in [-0.15, -0.1) is 0 Å². The van der Waals surface area contributed by atoms with Gasteiger partial charge in [0.2, 0.25) is 0 Å². The van der Waals surface area contributed by atoms with Gasteiger partial charge in [0.05, 0.1) is 11.8 Å². The SMILES string of the molecule is CC(O)c1cccc(N)c1F. The first kappa shape index (κ1) is 8.01. The summed E-state index contributed by atoms with van der Waals surface area (Å²) in [5.41, 5.74) is 5.59.